The van der Waals surface area contributed by atoms with Crippen molar-refractivity contribution in [2.24, 2.45) is 0 Å². The Morgan fingerprint density at radius 3 is 2.39 bits per heavy atom. The largest absolute Gasteiger partial charge is 0.335 e. The lowest BCUT2D eigenvalue weighted by Gasteiger charge is -2.28. The van der Waals surface area contributed by atoms with E-state index in [4.69, 9.17) is 0 Å². The molecule has 1 atom stereocenters. The molecule has 1 saturated heterocycles. The van der Waals surface area contributed by atoms with Crippen molar-refractivity contribution in [3.05, 3.63) is 58.7 Å². The molecular weight excluding hydrogens is 438 g/mol. The molecule has 178 valence electrons. The van der Waals surface area contributed by atoms with Gasteiger partial charge in [0.1, 0.15) is 6.04 Å². The van der Waals surface area contributed by atoms with Gasteiger partial charge in [0.2, 0.25) is 21.8 Å². The average molecular weight is 472 g/mol. The van der Waals surface area contributed by atoms with Crippen molar-refractivity contribution in [3.8, 4) is 0 Å². The number of amides is 2. The SMILES string of the molecule is CCc1ccccc1NC(=O)CN(C)C(=O)C1CCCN1S(=O)(=O)c1c(C)cc(C)cc1C. The third-order valence-electron chi connectivity index (χ3n) is 6.09. The van der Waals surface area contributed by atoms with E-state index in [-0.39, 0.29) is 29.8 Å². The number of para-hydroxylation sites is 1. The van der Waals surface area contributed by atoms with Gasteiger partial charge in [-0.2, -0.15) is 4.31 Å². The Labute approximate surface area is 196 Å². The fraction of sp³-hybridized carbons (Fsp3) is 0.440. The summed E-state index contributed by atoms with van der Waals surface area (Å²) in [4.78, 5) is 27.4. The molecule has 1 fully saturated rings. The number of hydrogen-bond acceptors (Lipinski definition) is 4. The molecule has 8 heteroatoms. The van der Waals surface area contributed by atoms with Crippen LogP contribution >= 0.6 is 0 Å². The van der Waals surface area contributed by atoms with Crippen molar-refractivity contribution in [3.63, 3.8) is 0 Å². The first-order valence-corrected chi connectivity index (χ1v) is 12.7. The van der Waals surface area contributed by atoms with E-state index in [2.05, 4.69) is 5.32 Å². The summed E-state index contributed by atoms with van der Waals surface area (Å²) >= 11 is 0. The molecule has 1 heterocycles. The Morgan fingerprint density at radius 1 is 1.12 bits per heavy atom. The smallest absolute Gasteiger partial charge is 0.244 e. The average Bonchev–Trinajstić information content (AvgIpc) is 3.23. The standard InChI is InChI=1S/C25H33N3O4S/c1-6-20-10-7-8-11-21(20)26-23(29)16-27(5)25(30)22-12-9-13-28(22)33(31,32)24-18(3)14-17(2)15-19(24)4/h7-8,10-11,14-15,22H,6,9,12-13,16H2,1-5H3,(H,26,29). The Morgan fingerprint density at radius 2 is 1.76 bits per heavy atom. The summed E-state index contributed by atoms with van der Waals surface area (Å²) in [6.07, 6.45) is 1.81. The van der Waals surface area contributed by atoms with Crippen molar-refractivity contribution in [1.29, 1.82) is 0 Å². The van der Waals surface area contributed by atoms with Gasteiger partial charge in [0.05, 0.1) is 11.4 Å². The number of nitrogens with one attached hydrogen (secondary N) is 1. The number of likely N-dealkylation sites (N-methyl/N-ethyl adjacent to an activating group) is 1. The van der Waals surface area contributed by atoms with Crippen LogP contribution in [0.1, 0.15) is 42.0 Å². The Bertz CT molecular complexity index is 1140. The molecule has 0 saturated carbocycles. The van der Waals surface area contributed by atoms with Crippen molar-refractivity contribution in [2.45, 2.75) is 57.9 Å². The lowest BCUT2D eigenvalue weighted by molar-refractivity contribution is -0.136. The summed E-state index contributed by atoms with van der Waals surface area (Å²) in [6, 6.07) is 10.4. The molecule has 0 aliphatic carbocycles. The van der Waals surface area contributed by atoms with Gasteiger partial charge in [-0.15, -0.1) is 0 Å². The number of benzene rings is 2. The van der Waals surface area contributed by atoms with Crippen LogP contribution in [0.2, 0.25) is 0 Å². The maximum Gasteiger partial charge on any atom is 0.244 e. The second-order valence-electron chi connectivity index (χ2n) is 8.75. The first kappa shape index (κ1) is 24.9. The molecule has 7 nitrogen and oxygen atoms in total. The molecule has 1 N–H and O–H groups in total. The number of anilines is 1. The van der Waals surface area contributed by atoms with Gasteiger partial charge in [0, 0.05) is 19.3 Å². The number of carbonyl (C=O) groups excluding carboxylic acids is 2. The van der Waals surface area contributed by atoms with Gasteiger partial charge in [-0.05, 0) is 62.8 Å². The summed E-state index contributed by atoms with van der Waals surface area (Å²) < 4.78 is 28.4. The zero-order valence-electron chi connectivity index (χ0n) is 20.0. The first-order chi connectivity index (χ1) is 15.6. The zero-order chi connectivity index (χ0) is 24.3. The summed E-state index contributed by atoms with van der Waals surface area (Å²) in [5.74, 6) is -0.679. The van der Waals surface area contributed by atoms with Crippen molar-refractivity contribution in [1.82, 2.24) is 9.21 Å². The Balaban J connectivity index is 1.76. The number of hydrogen-bond donors (Lipinski definition) is 1. The van der Waals surface area contributed by atoms with Crippen LogP contribution in [0.25, 0.3) is 0 Å². The summed E-state index contributed by atoms with van der Waals surface area (Å²) in [5, 5.41) is 2.86. The number of rotatable bonds is 7. The van der Waals surface area contributed by atoms with Gasteiger partial charge in [0.15, 0.2) is 0 Å². The number of nitrogens with zero attached hydrogens (tertiary/aromatic N) is 2. The Hall–Kier alpha value is -2.71. The van der Waals surface area contributed by atoms with Gasteiger partial charge in [-0.3, -0.25) is 9.59 Å². The van der Waals surface area contributed by atoms with E-state index < -0.39 is 16.1 Å². The van der Waals surface area contributed by atoms with Gasteiger partial charge < -0.3 is 10.2 Å². The second kappa shape index (κ2) is 10.1. The van der Waals surface area contributed by atoms with Crippen LogP contribution in [0.3, 0.4) is 0 Å². The normalized spacial score (nSPS) is 16.6. The van der Waals surface area contributed by atoms with E-state index in [0.717, 1.165) is 23.2 Å². The molecule has 0 radical (unpaired) electrons. The van der Waals surface area contributed by atoms with Crippen molar-refractivity contribution < 1.29 is 18.0 Å². The molecule has 3 rings (SSSR count). The molecule has 0 aromatic heterocycles. The predicted molar refractivity (Wildman–Crippen MR) is 130 cm³/mol. The molecule has 1 aliphatic rings. The highest BCUT2D eigenvalue weighted by Gasteiger charge is 2.41. The van der Waals surface area contributed by atoms with Gasteiger partial charge in [-0.1, -0.05) is 42.8 Å². The minimum atomic E-state index is -3.85. The third kappa shape index (κ3) is 5.28. The minimum absolute atomic E-state index is 0.149. The molecule has 2 amide bonds. The Kier molecular flexibility index (Phi) is 7.59. The van der Waals surface area contributed by atoms with Crippen molar-refractivity contribution >= 4 is 27.5 Å². The highest BCUT2D eigenvalue weighted by atomic mass is 32.2. The van der Waals surface area contributed by atoms with E-state index in [9.17, 15) is 18.0 Å². The number of sulfonamides is 1. The van der Waals surface area contributed by atoms with Crippen LogP contribution < -0.4 is 5.32 Å². The minimum Gasteiger partial charge on any atom is -0.335 e. The van der Waals surface area contributed by atoms with E-state index in [1.165, 1.54) is 9.21 Å². The van der Waals surface area contributed by atoms with Crippen LogP contribution in [0.5, 0.6) is 0 Å². The molecule has 1 unspecified atom stereocenters. The van der Waals surface area contributed by atoms with Crippen LogP contribution in [-0.4, -0.2) is 55.6 Å². The monoisotopic (exact) mass is 471 g/mol. The lowest BCUT2D eigenvalue weighted by atomic mass is 10.1. The quantitative estimate of drug-likeness (QED) is 0.670. The first-order valence-electron chi connectivity index (χ1n) is 11.3. The fourth-order valence-electron chi connectivity index (χ4n) is 4.65. The summed E-state index contributed by atoms with van der Waals surface area (Å²) in [6.45, 7) is 7.64. The fourth-order valence-corrected chi connectivity index (χ4v) is 6.72. The summed E-state index contributed by atoms with van der Waals surface area (Å²) in [7, 11) is -2.30. The van der Waals surface area contributed by atoms with Gasteiger partial charge >= 0.3 is 0 Å². The lowest BCUT2D eigenvalue weighted by Crippen LogP contribution is -2.48. The molecule has 1 aliphatic heterocycles. The van der Waals surface area contributed by atoms with E-state index >= 15 is 0 Å². The van der Waals surface area contributed by atoms with Gasteiger partial charge in [0.25, 0.3) is 0 Å². The van der Waals surface area contributed by atoms with Crippen LogP contribution in [0, 0.1) is 20.8 Å². The molecule has 0 spiro atoms. The van der Waals surface area contributed by atoms with Crippen LogP contribution in [0.4, 0.5) is 5.69 Å². The maximum absolute atomic E-state index is 13.5. The molecule has 2 aromatic rings. The molecular formula is C25H33N3O4S. The maximum atomic E-state index is 13.5. The van der Waals surface area contributed by atoms with Crippen LogP contribution in [0.15, 0.2) is 41.3 Å². The topological polar surface area (TPSA) is 86.8 Å². The van der Waals surface area contributed by atoms with Gasteiger partial charge in [-0.25, -0.2) is 8.42 Å². The molecule has 2 aromatic carbocycles. The number of aryl methyl sites for hydroxylation is 4. The van der Waals surface area contributed by atoms with E-state index in [1.807, 2.05) is 50.2 Å². The van der Waals surface area contributed by atoms with E-state index in [0.29, 0.717) is 24.0 Å². The zero-order valence-corrected chi connectivity index (χ0v) is 20.8. The van der Waals surface area contributed by atoms with E-state index in [1.54, 1.807) is 20.9 Å². The second-order valence-corrected chi connectivity index (χ2v) is 10.6. The highest BCUT2D eigenvalue weighted by Crippen LogP contribution is 2.31. The highest BCUT2D eigenvalue weighted by molar-refractivity contribution is 7.89. The third-order valence-corrected chi connectivity index (χ3v) is 8.30. The van der Waals surface area contributed by atoms with Crippen LogP contribution in [-0.2, 0) is 26.0 Å². The molecule has 0 bridgehead atoms. The predicted octanol–water partition coefficient (Wildman–Crippen LogP) is 3.42. The summed E-state index contributed by atoms with van der Waals surface area (Å²) in [5.41, 5.74) is 4.08. The van der Waals surface area contributed by atoms with Crippen molar-refractivity contribution in [2.75, 3.05) is 25.5 Å². The molecule has 33 heavy (non-hydrogen) atoms. The number of carbonyl (C=O) groups is 2.